The summed E-state index contributed by atoms with van der Waals surface area (Å²) < 4.78 is 18.4. The quantitative estimate of drug-likeness (QED) is 0.611. The van der Waals surface area contributed by atoms with Crippen molar-refractivity contribution in [3.05, 3.63) is 47.3 Å². The SMILES string of the molecule is CC(C)=CC1C(C(=O)OCc2cccc(F)c2)C1(C)C. The summed E-state index contributed by atoms with van der Waals surface area (Å²) in [5, 5.41) is 0. The van der Waals surface area contributed by atoms with Crippen LogP contribution in [0, 0.1) is 23.1 Å². The smallest absolute Gasteiger partial charge is 0.310 e. The Balaban J connectivity index is 1.95. The molecule has 0 aromatic heterocycles. The molecule has 20 heavy (non-hydrogen) atoms. The molecular formula is C17H21FO2. The fraction of sp³-hybridized carbons (Fsp3) is 0.471. The van der Waals surface area contributed by atoms with Crippen LogP contribution in [0.15, 0.2) is 35.9 Å². The number of benzene rings is 1. The zero-order valence-electron chi connectivity index (χ0n) is 12.4. The van der Waals surface area contributed by atoms with Gasteiger partial charge in [-0.2, -0.15) is 0 Å². The zero-order valence-corrected chi connectivity index (χ0v) is 12.4. The molecule has 0 heterocycles. The van der Waals surface area contributed by atoms with Gasteiger partial charge in [-0.1, -0.05) is 37.6 Å². The van der Waals surface area contributed by atoms with E-state index in [1.54, 1.807) is 12.1 Å². The molecule has 1 aliphatic carbocycles. The number of hydrogen-bond donors (Lipinski definition) is 0. The number of esters is 1. The second-order valence-corrected chi connectivity index (χ2v) is 6.31. The van der Waals surface area contributed by atoms with Gasteiger partial charge in [0.05, 0.1) is 5.92 Å². The lowest BCUT2D eigenvalue weighted by molar-refractivity contribution is -0.147. The number of carbonyl (C=O) groups excluding carboxylic acids is 1. The van der Waals surface area contributed by atoms with Crippen LogP contribution in [0.25, 0.3) is 0 Å². The van der Waals surface area contributed by atoms with E-state index in [9.17, 15) is 9.18 Å². The van der Waals surface area contributed by atoms with Gasteiger partial charge in [-0.15, -0.1) is 0 Å². The Hall–Kier alpha value is -1.64. The van der Waals surface area contributed by atoms with Gasteiger partial charge < -0.3 is 4.74 Å². The van der Waals surface area contributed by atoms with Crippen LogP contribution in [0.3, 0.4) is 0 Å². The highest BCUT2D eigenvalue weighted by Crippen LogP contribution is 2.59. The lowest BCUT2D eigenvalue weighted by atomic mass is 10.1. The van der Waals surface area contributed by atoms with Crippen LogP contribution >= 0.6 is 0 Å². The lowest BCUT2D eigenvalue weighted by Crippen LogP contribution is -2.10. The molecule has 1 saturated carbocycles. The predicted molar refractivity (Wildman–Crippen MR) is 76.4 cm³/mol. The summed E-state index contributed by atoms with van der Waals surface area (Å²) in [6.45, 7) is 8.34. The fourth-order valence-electron chi connectivity index (χ4n) is 2.67. The van der Waals surface area contributed by atoms with Crippen molar-refractivity contribution in [3.63, 3.8) is 0 Å². The Morgan fingerprint density at radius 3 is 2.70 bits per heavy atom. The predicted octanol–water partition coefficient (Wildman–Crippen LogP) is 4.11. The van der Waals surface area contributed by atoms with Crippen molar-refractivity contribution in [2.45, 2.75) is 34.3 Å². The molecule has 0 aliphatic heterocycles. The second kappa shape index (κ2) is 5.39. The molecule has 108 valence electrons. The van der Waals surface area contributed by atoms with E-state index in [2.05, 4.69) is 19.9 Å². The highest BCUT2D eigenvalue weighted by Gasteiger charge is 2.61. The highest BCUT2D eigenvalue weighted by molar-refractivity contribution is 5.78. The summed E-state index contributed by atoms with van der Waals surface area (Å²) in [6.07, 6.45) is 2.13. The summed E-state index contributed by atoms with van der Waals surface area (Å²) in [5.74, 6) is -0.354. The molecular weight excluding hydrogens is 255 g/mol. The van der Waals surface area contributed by atoms with Gasteiger partial charge >= 0.3 is 5.97 Å². The molecule has 0 spiro atoms. The lowest BCUT2D eigenvalue weighted by Gasteiger charge is -2.06. The summed E-state index contributed by atoms with van der Waals surface area (Å²) in [7, 11) is 0. The van der Waals surface area contributed by atoms with Gasteiger partial charge in [0.15, 0.2) is 0 Å². The highest BCUT2D eigenvalue weighted by atomic mass is 19.1. The second-order valence-electron chi connectivity index (χ2n) is 6.31. The van der Waals surface area contributed by atoms with E-state index in [0.29, 0.717) is 5.56 Å². The van der Waals surface area contributed by atoms with E-state index >= 15 is 0 Å². The van der Waals surface area contributed by atoms with Crippen molar-refractivity contribution in [2.75, 3.05) is 0 Å². The van der Waals surface area contributed by atoms with Gasteiger partial charge in [-0.05, 0) is 42.9 Å². The normalized spacial score (nSPS) is 23.1. The standard InChI is InChI=1S/C17H21FO2/c1-11(2)8-14-15(17(14,3)4)16(19)20-10-12-6-5-7-13(18)9-12/h5-9,14-15H,10H2,1-4H3. The van der Waals surface area contributed by atoms with Crippen LogP contribution in [0.5, 0.6) is 0 Å². The summed E-state index contributed by atoms with van der Waals surface area (Å²) in [6, 6.07) is 6.13. The Morgan fingerprint density at radius 1 is 1.40 bits per heavy atom. The molecule has 1 fully saturated rings. The van der Waals surface area contributed by atoms with Crippen molar-refractivity contribution < 1.29 is 13.9 Å². The van der Waals surface area contributed by atoms with Crippen LogP contribution in [-0.2, 0) is 16.1 Å². The van der Waals surface area contributed by atoms with Crippen molar-refractivity contribution in [2.24, 2.45) is 17.3 Å². The monoisotopic (exact) mass is 276 g/mol. The molecule has 0 N–H and O–H groups in total. The van der Waals surface area contributed by atoms with Crippen molar-refractivity contribution in [1.82, 2.24) is 0 Å². The van der Waals surface area contributed by atoms with Crippen molar-refractivity contribution in [1.29, 1.82) is 0 Å². The Bertz CT molecular complexity index is 542. The van der Waals surface area contributed by atoms with E-state index in [-0.39, 0.29) is 35.6 Å². The van der Waals surface area contributed by atoms with E-state index < -0.39 is 0 Å². The molecule has 0 amide bonds. The zero-order chi connectivity index (χ0) is 14.9. The molecule has 0 saturated heterocycles. The minimum absolute atomic E-state index is 0.0453. The minimum atomic E-state index is -0.312. The topological polar surface area (TPSA) is 26.3 Å². The summed E-state index contributed by atoms with van der Waals surface area (Å²) >= 11 is 0. The maximum Gasteiger partial charge on any atom is 0.310 e. The number of halogens is 1. The molecule has 0 radical (unpaired) electrons. The number of hydrogen-bond acceptors (Lipinski definition) is 2. The fourth-order valence-corrected chi connectivity index (χ4v) is 2.67. The first-order valence-corrected chi connectivity index (χ1v) is 6.88. The molecule has 3 heteroatoms. The van der Waals surface area contributed by atoms with Gasteiger partial charge in [-0.3, -0.25) is 4.79 Å². The third kappa shape index (κ3) is 3.09. The Labute approximate surface area is 119 Å². The first kappa shape index (κ1) is 14.8. The Kier molecular flexibility index (Phi) is 3.98. The average molecular weight is 276 g/mol. The number of carbonyl (C=O) groups is 1. The summed E-state index contributed by atoms with van der Waals surface area (Å²) in [4.78, 5) is 12.1. The molecule has 2 nitrogen and oxygen atoms in total. The molecule has 1 aliphatic rings. The third-order valence-corrected chi connectivity index (χ3v) is 3.95. The Morgan fingerprint density at radius 2 is 2.10 bits per heavy atom. The number of rotatable bonds is 4. The first-order valence-electron chi connectivity index (χ1n) is 6.88. The molecule has 1 aromatic rings. The maximum absolute atomic E-state index is 13.0. The largest absolute Gasteiger partial charge is 0.461 e. The molecule has 2 unspecified atom stereocenters. The molecule has 2 rings (SSSR count). The van der Waals surface area contributed by atoms with E-state index in [4.69, 9.17) is 4.74 Å². The van der Waals surface area contributed by atoms with Gasteiger partial charge in [0.25, 0.3) is 0 Å². The van der Waals surface area contributed by atoms with Crippen LogP contribution in [0.1, 0.15) is 33.3 Å². The molecule has 2 atom stereocenters. The van der Waals surface area contributed by atoms with Gasteiger partial charge in [-0.25, -0.2) is 4.39 Å². The van der Waals surface area contributed by atoms with E-state index in [0.717, 1.165) is 0 Å². The van der Waals surface area contributed by atoms with Gasteiger partial charge in [0, 0.05) is 0 Å². The maximum atomic E-state index is 13.0. The first-order chi connectivity index (χ1) is 9.32. The number of allylic oxidation sites excluding steroid dienone is 2. The van der Waals surface area contributed by atoms with Crippen LogP contribution in [0.4, 0.5) is 4.39 Å². The van der Waals surface area contributed by atoms with Gasteiger partial charge in [0.1, 0.15) is 12.4 Å². The average Bonchev–Trinajstić information content (AvgIpc) is 2.87. The molecule has 0 bridgehead atoms. The van der Waals surface area contributed by atoms with Crippen LogP contribution < -0.4 is 0 Å². The number of ether oxygens (including phenoxy) is 1. The van der Waals surface area contributed by atoms with E-state index in [1.165, 1.54) is 17.7 Å². The minimum Gasteiger partial charge on any atom is -0.461 e. The van der Waals surface area contributed by atoms with Gasteiger partial charge in [0.2, 0.25) is 0 Å². The third-order valence-electron chi connectivity index (χ3n) is 3.95. The van der Waals surface area contributed by atoms with E-state index in [1.807, 2.05) is 13.8 Å². The van der Waals surface area contributed by atoms with Crippen LogP contribution in [-0.4, -0.2) is 5.97 Å². The summed E-state index contributed by atoms with van der Waals surface area (Å²) in [5.41, 5.74) is 1.84. The van der Waals surface area contributed by atoms with Crippen LogP contribution in [0.2, 0.25) is 0 Å². The van der Waals surface area contributed by atoms with Crippen molar-refractivity contribution in [3.8, 4) is 0 Å². The molecule has 1 aromatic carbocycles. The van der Waals surface area contributed by atoms with Crippen molar-refractivity contribution >= 4 is 5.97 Å².